The highest BCUT2D eigenvalue weighted by Gasteiger charge is 2.58. The van der Waals surface area contributed by atoms with Gasteiger partial charge in [-0.15, -0.1) is 5.10 Å². The largest absolute Gasteiger partial charge is 0.383 e. The van der Waals surface area contributed by atoms with Crippen molar-refractivity contribution < 1.29 is 0 Å². The van der Waals surface area contributed by atoms with Gasteiger partial charge in [-0.2, -0.15) is 10.5 Å². The molecule has 0 amide bonds. The van der Waals surface area contributed by atoms with Crippen molar-refractivity contribution in [2.24, 2.45) is 11.3 Å². The van der Waals surface area contributed by atoms with Crippen LogP contribution in [0.3, 0.4) is 0 Å². The van der Waals surface area contributed by atoms with Crippen molar-refractivity contribution in [2.75, 3.05) is 17.2 Å². The highest BCUT2D eigenvalue weighted by molar-refractivity contribution is 6.35. The summed E-state index contributed by atoms with van der Waals surface area (Å²) in [6.45, 7) is 9.04. The van der Waals surface area contributed by atoms with Gasteiger partial charge in [0.05, 0.1) is 51.2 Å². The highest BCUT2D eigenvalue weighted by Crippen LogP contribution is 2.62. The first-order valence-electron chi connectivity index (χ1n) is 13.6. The molecule has 7 rings (SSSR count). The lowest BCUT2D eigenvalue weighted by molar-refractivity contribution is -0.0989. The van der Waals surface area contributed by atoms with Crippen LogP contribution in [0.25, 0.3) is 10.9 Å². The Bertz CT molecular complexity index is 1700. The Morgan fingerprint density at radius 1 is 1.15 bits per heavy atom. The summed E-state index contributed by atoms with van der Waals surface area (Å²) in [5.41, 5.74) is 5.87. The summed E-state index contributed by atoms with van der Waals surface area (Å²) >= 11 is 6.78. The summed E-state index contributed by atoms with van der Waals surface area (Å²) in [7, 11) is 0. The molecule has 0 spiro atoms. The van der Waals surface area contributed by atoms with E-state index in [1.54, 1.807) is 6.20 Å². The Morgan fingerprint density at radius 3 is 2.55 bits per heavy atom. The Balaban J connectivity index is 1.45. The van der Waals surface area contributed by atoms with E-state index in [4.69, 9.17) is 11.6 Å². The number of hydrogen-bond acceptors (Lipinski definition) is 7. The summed E-state index contributed by atoms with van der Waals surface area (Å²) in [5, 5.41) is 37.1. The fourth-order valence-electron chi connectivity index (χ4n) is 5.89. The maximum Gasteiger partial charge on any atom is 0.110 e. The van der Waals surface area contributed by atoms with Gasteiger partial charge in [0.1, 0.15) is 11.8 Å². The molecule has 2 bridgehead atoms. The molecule has 3 saturated carbocycles. The van der Waals surface area contributed by atoms with E-state index < -0.39 is 0 Å². The van der Waals surface area contributed by atoms with Crippen molar-refractivity contribution in [3.8, 4) is 12.1 Å². The zero-order chi connectivity index (χ0) is 28.2. The van der Waals surface area contributed by atoms with Gasteiger partial charge in [0.25, 0.3) is 0 Å². The van der Waals surface area contributed by atoms with Crippen LogP contribution in [0.1, 0.15) is 74.0 Å². The molecule has 3 aliphatic carbocycles. The van der Waals surface area contributed by atoms with E-state index in [1.165, 1.54) is 0 Å². The molecule has 2 aromatic heterocycles. The van der Waals surface area contributed by atoms with Gasteiger partial charge in [0.2, 0.25) is 0 Å². The van der Waals surface area contributed by atoms with Gasteiger partial charge in [-0.05, 0) is 66.8 Å². The van der Waals surface area contributed by atoms with E-state index in [1.807, 2.05) is 48.1 Å². The van der Waals surface area contributed by atoms with Gasteiger partial charge < -0.3 is 10.6 Å². The van der Waals surface area contributed by atoms with Gasteiger partial charge in [-0.25, -0.2) is 4.68 Å². The number of halogens is 1. The van der Waals surface area contributed by atoms with Crippen molar-refractivity contribution >= 4 is 33.9 Å². The third-order valence-electron chi connectivity index (χ3n) is 8.26. The Hall–Kier alpha value is -4.14. The van der Waals surface area contributed by atoms with Crippen molar-refractivity contribution in [3.63, 3.8) is 0 Å². The quantitative estimate of drug-likeness (QED) is 0.263. The summed E-state index contributed by atoms with van der Waals surface area (Å²) in [4.78, 5) is 4.50. The van der Waals surface area contributed by atoms with E-state index in [9.17, 15) is 10.5 Å². The Labute approximate surface area is 239 Å². The minimum atomic E-state index is -0.374. The molecule has 8 nitrogen and oxygen atoms in total. The topological polar surface area (TPSA) is 115 Å². The zero-order valence-electron chi connectivity index (χ0n) is 23.1. The van der Waals surface area contributed by atoms with E-state index in [0.717, 1.165) is 53.1 Å². The molecular weight excluding hydrogens is 520 g/mol. The average molecular weight is 551 g/mol. The van der Waals surface area contributed by atoms with Crippen LogP contribution >= 0.6 is 11.6 Å². The third kappa shape index (κ3) is 4.43. The third-order valence-corrected chi connectivity index (χ3v) is 8.55. The van der Waals surface area contributed by atoms with Gasteiger partial charge >= 0.3 is 0 Å². The second kappa shape index (κ2) is 9.50. The van der Waals surface area contributed by atoms with Gasteiger partial charge in [0, 0.05) is 23.8 Å². The number of aromatic nitrogens is 4. The van der Waals surface area contributed by atoms with Crippen molar-refractivity contribution in [1.29, 1.82) is 10.5 Å². The standard InChI is InChI=1S/C31H31ClN8/c1-18-20(13-33)6-5-7-23(18)29(26-16-40(39-38-26)31-10-19(11-31)12-31)37-22-8-24-27(36-17-30(2,3)4)21(14-34)15-35-28(24)25(32)9-22/h5-9,15-16,19,29,37H,10-12,17H2,1-4H3,(H,35,36). The van der Waals surface area contributed by atoms with Crippen LogP contribution in [0.4, 0.5) is 11.4 Å². The van der Waals surface area contributed by atoms with E-state index in [-0.39, 0.29) is 17.0 Å². The van der Waals surface area contributed by atoms with Crippen molar-refractivity contribution in [2.45, 2.75) is 58.5 Å². The number of nitrogens with zero attached hydrogens (tertiary/aromatic N) is 6. The summed E-state index contributed by atoms with van der Waals surface area (Å²) < 4.78 is 2.03. The predicted molar refractivity (Wildman–Crippen MR) is 156 cm³/mol. The van der Waals surface area contributed by atoms with Crippen LogP contribution in [-0.4, -0.2) is 26.5 Å². The van der Waals surface area contributed by atoms with Crippen LogP contribution in [0.2, 0.25) is 5.02 Å². The number of benzene rings is 2. The first kappa shape index (κ1) is 26.1. The Kier molecular flexibility index (Phi) is 6.20. The lowest BCUT2D eigenvalue weighted by Gasteiger charge is -2.61. The van der Waals surface area contributed by atoms with E-state index in [0.29, 0.717) is 33.9 Å². The number of pyridine rings is 1. The molecule has 0 saturated heterocycles. The molecule has 0 aliphatic heterocycles. The number of rotatable bonds is 7. The molecule has 1 atom stereocenters. The maximum atomic E-state index is 9.84. The van der Waals surface area contributed by atoms with Crippen LogP contribution in [-0.2, 0) is 5.54 Å². The van der Waals surface area contributed by atoms with Crippen molar-refractivity contribution in [1.82, 2.24) is 20.0 Å². The molecule has 4 aromatic rings. The zero-order valence-corrected chi connectivity index (χ0v) is 23.8. The van der Waals surface area contributed by atoms with Crippen LogP contribution < -0.4 is 10.6 Å². The second-order valence-electron chi connectivity index (χ2n) is 12.4. The lowest BCUT2D eigenvalue weighted by Crippen LogP contribution is -2.59. The number of anilines is 2. The first-order valence-corrected chi connectivity index (χ1v) is 13.9. The van der Waals surface area contributed by atoms with Crippen molar-refractivity contribution in [3.05, 3.63) is 75.7 Å². The smallest absolute Gasteiger partial charge is 0.110 e. The lowest BCUT2D eigenvalue weighted by atomic mass is 9.50. The first-order chi connectivity index (χ1) is 19.1. The number of nitrogens with one attached hydrogen (secondary N) is 2. The fourth-order valence-corrected chi connectivity index (χ4v) is 6.16. The molecule has 3 fully saturated rings. The minimum absolute atomic E-state index is 0.00256. The molecule has 9 heteroatoms. The number of nitriles is 2. The van der Waals surface area contributed by atoms with E-state index in [2.05, 4.69) is 58.8 Å². The van der Waals surface area contributed by atoms with Crippen LogP contribution in [0, 0.1) is 40.9 Å². The molecule has 3 aliphatic rings. The number of hydrogen-bond donors (Lipinski definition) is 2. The molecule has 2 N–H and O–H groups in total. The highest BCUT2D eigenvalue weighted by atomic mass is 35.5. The normalized spacial score (nSPS) is 20.1. The molecule has 2 heterocycles. The summed E-state index contributed by atoms with van der Waals surface area (Å²) in [5.74, 6) is 0.823. The molecule has 1 unspecified atom stereocenters. The summed E-state index contributed by atoms with van der Waals surface area (Å²) in [6, 6.07) is 13.7. The second-order valence-corrected chi connectivity index (χ2v) is 12.8. The maximum absolute atomic E-state index is 9.84. The van der Waals surface area contributed by atoms with Gasteiger partial charge in [-0.1, -0.05) is 49.7 Å². The van der Waals surface area contributed by atoms with E-state index >= 15 is 0 Å². The Morgan fingerprint density at radius 2 is 1.90 bits per heavy atom. The van der Waals surface area contributed by atoms with Gasteiger partial charge in [-0.3, -0.25) is 4.98 Å². The molecular formula is C31H31ClN8. The van der Waals surface area contributed by atoms with Crippen LogP contribution in [0.15, 0.2) is 42.7 Å². The van der Waals surface area contributed by atoms with Crippen LogP contribution in [0.5, 0.6) is 0 Å². The molecule has 0 radical (unpaired) electrons. The SMILES string of the molecule is Cc1c(C#N)cccc1C(Nc1cc(Cl)c2ncc(C#N)c(NCC(C)(C)C)c2c1)c1cn(C23CC(C2)C3)nn1. The number of fused-ring (bicyclic) bond motifs is 1. The molecule has 202 valence electrons. The molecule has 40 heavy (non-hydrogen) atoms. The predicted octanol–water partition coefficient (Wildman–Crippen LogP) is 6.70. The minimum Gasteiger partial charge on any atom is -0.383 e. The monoisotopic (exact) mass is 550 g/mol. The van der Waals surface area contributed by atoms with Gasteiger partial charge in [0.15, 0.2) is 0 Å². The molecule has 2 aromatic carbocycles. The average Bonchev–Trinajstić information content (AvgIpc) is 3.33. The summed E-state index contributed by atoms with van der Waals surface area (Å²) in [6.07, 6.45) is 7.09. The fraction of sp³-hybridized carbons (Fsp3) is 0.387.